The Morgan fingerprint density at radius 1 is 1.69 bits per heavy atom. The highest BCUT2D eigenvalue weighted by Crippen LogP contribution is 2.37. The van der Waals surface area contributed by atoms with Crippen LogP contribution in [0.4, 0.5) is 8.78 Å². The molecule has 0 amide bonds. The zero-order valence-electron chi connectivity index (χ0n) is 7.85. The predicted octanol–water partition coefficient (Wildman–Crippen LogP) is 2.70. The number of rotatable bonds is 4. The van der Waals surface area contributed by atoms with Crippen molar-refractivity contribution in [2.75, 3.05) is 6.61 Å². The van der Waals surface area contributed by atoms with Crippen molar-refractivity contribution < 1.29 is 18.3 Å². The van der Waals surface area contributed by atoms with Gasteiger partial charge in [0.1, 0.15) is 0 Å². The van der Waals surface area contributed by atoms with Crippen molar-refractivity contribution in [3.05, 3.63) is 11.8 Å². The van der Waals surface area contributed by atoms with Crippen molar-refractivity contribution in [3.63, 3.8) is 0 Å². The quantitative estimate of drug-likeness (QED) is 0.503. The van der Waals surface area contributed by atoms with Crippen molar-refractivity contribution in [1.29, 1.82) is 0 Å². The predicted molar refractivity (Wildman–Crippen MR) is 44.4 cm³/mol. The molecular formula is C9H14F2O2. The first-order valence-corrected chi connectivity index (χ1v) is 4.28. The summed E-state index contributed by atoms with van der Waals surface area (Å²) in [5.74, 6) is -1.80. The molecule has 1 fully saturated rings. The topological polar surface area (TPSA) is 18.5 Å². The van der Waals surface area contributed by atoms with Crippen LogP contribution in [0.2, 0.25) is 0 Å². The Morgan fingerprint density at radius 2 is 2.31 bits per heavy atom. The third-order valence-corrected chi connectivity index (χ3v) is 1.72. The molecule has 0 spiro atoms. The highest BCUT2D eigenvalue weighted by molar-refractivity contribution is 4.86. The second-order valence-corrected chi connectivity index (χ2v) is 3.43. The molecule has 1 aliphatic rings. The molecule has 0 aromatic rings. The third kappa shape index (κ3) is 3.30. The highest BCUT2D eigenvalue weighted by Gasteiger charge is 2.46. The largest absolute Gasteiger partial charge is 0.501 e. The van der Waals surface area contributed by atoms with E-state index in [1.54, 1.807) is 6.26 Å². The molecule has 0 aliphatic carbocycles. The molecule has 13 heavy (non-hydrogen) atoms. The Balaban J connectivity index is 2.10. The van der Waals surface area contributed by atoms with E-state index in [9.17, 15) is 8.78 Å². The average Bonchev–Trinajstić information content (AvgIpc) is 1.95. The molecule has 0 aromatic heterocycles. The normalized spacial score (nSPS) is 32.2. The van der Waals surface area contributed by atoms with Crippen molar-refractivity contribution >= 4 is 0 Å². The first kappa shape index (κ1) is 10.4. The average molecular weight is 192 g/mol. The van der Waals surface area contributed by atoms with Gasteiger partial charge in [0.2, 0.25) is 12.2 Å². The van der Waals surface area contributed by atoms with E-state index in [1.807, 2.05) is 13.8 Å². The third-order valence-electron chi connectivity index (χ3n) is 1.72. The van der Waals surface area contributed by atoms with Gasteiger partial charge in [-0.25, -0.2) is 8.78 Å². The van der Waals surface area contributed by atoms with Crippen molar-refractivity contribution in [3.8, 4) is 0 Å². The molecule has 4 heteroatoms. The molecule has 0 bridgehead atoms. The van der Waals surface area contributed by atoms with E-state index < -0.39 is 12.2 Å². The number of hydrogen-bond acceptors (Lipinski definition) is 2. The Morgan fingerprint density at radius 3 is 2.77 bits per heavy atom. The van der Waals surface area contributed by atoms with E-state index in [0.717, 1.165) is 5.57 Å². The van der Waals surface area contributed by atoms with Crippen molar-refractivity contribution in [1.82, 2.24) is 0 Å². The van der Waals surface area contributed by atoms with Crippen LogP contribution < -0.4 is 0 Å². The fourth-order valence-electron chi connectivity index (χ4n) is 1.06. The zero-order valence-corrected chi connectivity index (χ0v) is 7.85. The van der Waals surface area contributed by atoms with Gasteiger partial charge in [-0.2, -0.15) is 0 Å². The first-order chi connectivity index (χ1) is 6.02. The summed E-state index contributed by atoms with van der Waals surface area (Å²) in [5.41, 5.74) is 1.01. The van der Waals surface area contributed by atoms with E-state index in [2.05, 4.69) is 4.74 Å². The summed E-state index contributed by atoms with van der Waals surface area (Å²) < 4.78 is 34.6. The van der Waals surface area contributed by atoms with Crippen LogP contribution in [0.5, 0.6) is 0 Å². The minimum atomic E-state index is -1.80. The van der Waals surface area contributed by atoms with Crippen LogP contribution in [0.3, 0.4) is 0 Å². The zero-order chi connectivity index (χ0) is 9.90. The van der Waals surface area contributed by atoms with Crippen LogP contribution in [0.15, 0.2) is 11.8 Å². The molecule has 2 atom stereocenters. The highest BCUT2D eigenvalue weighted by atomic mass is 19.2. The molecule has 2 nitrogen and oxygen atoms in total. The fraction of sp³-hybridized carbons (Fsp3) is 0.778. The molecule has 76 valence electrons. The Hall–Kier alpha value is -0.640. The van der Waals surface area contributed by atoms with Gasteiger partial charge in [0.05, 0.1) is 19.3 Å². The lowest BCUT2D eigenvalue weighted by atomic mass is 10.1. The lowest BCUT2D eigenvalue weighted by Gasteiger charge is -2.36. The van der Waals surface area contributed by atoms with Gasteiger partial charge in [0, 0.05) is 6.42 Å². The van der Waals surface area contributed by atoms with E-state index in [1.165, 1.54) is 0 Å². The molecule has 1 aliphatic heterocycles. The maximum Gasteiger partial charge on any atom is 0.220 e. The van der Waals surface area contributed by atoms with Crippen LogP contribution >= 0.6 is 0 Å². The molecule has 1 heterocycles. The molecule has 1 saturated heterocycles. The van der Waals surface area contributed by atoms with Crippen molar-refractivity contribution in [2.45, 2.75) is 38.9 Å². The summed E-state index contributed by atoms with van der Waals surface area (Å²) in [4.78, 5) is 0. The second-order valence-electron chi connectivity index (χ2n) is 3.43. The van der Waals surface area contributed by atoms with Gasteiger partial charge in [-0.3, -0.25) is 0 Å². The Labute approximate surface area is 76.5 Å². The van der Waals surface area contributed by atoms with Crippen LogP contribution in [0, 0.1) is 0 Å². The number of ether oxygens (including phenoxy) is 2. The number of hydrogen-bond donors (Lipinski definition) is 0. The lowest BCUT2D eigenvalue weighted by molar-refractivity contribution is -0.323. The van der Waals surface area contributed by atoms with Gasteiger partial charge < -0.3 is 9.47 Å². The number of allylic oxidation sites excluding steroid dienone is 1. The fourth-order valence-corrected chi connectivity index (χ4v) is 1.06. The van der Waals surface area contributed by atoms with Crippen LogP contribution in [-0.4, -0.2) is 18.8 Å². The van der Waals surface area contributed by atoms with Gasteiger partial charge in [0.25, 0.3) is 0 Å². The molecular weight excluding hydrogens is 178 g/mol. The van der Waals surface area contributed by atoms with Gasteiger partial charge in [-0.1, -0.05) is 0 Å². The monoisotopic (exact) mass is 192 g/mol. The summed E-state index contributed by atoms with van der Waals surface area (Å²) in [6.07, 6.45) is 0.0191. The summed E-state index contributed by atoms with van der Waals surface area (Å²) in [6.45, 7) is 3.97. The minimum absolute atomic E-state index is 0.0806. The molecule has 0 aromatic carbocycles. The smallest absolute Gasteiger partial charge is 0.220 e. The summed E-state index contributed by atoms with van der Waals surface area (Å²) in [7, 11) is 0. The standard InChI is InChI=1S/C9H14F2O2/c1-7(2)6-12-4-3-9(11)5-8(10)13-9/h6,8H,3-5H2,1-2H3. The lowest BCUT2D eigenvalue weighted by Crippen LogP contribution is -2.45. The Kier molecular flexibility index (Phi) is 3.25. The molecule has 1 rings (SSSR count). The van der Waals surface area contributed by atoms with Gasteiger partial charge in [-0.15, -0.1) is 0 Å². The minimum Gasteiger partial charge on any atom is -0.501 e. The van der Waals surface area contributed by atoms with E-state index in [-0.39, 0.29) is 19.4 Å². The van der Waals surface area contributed by atoms with Gasteiger partial charge in [-0.05, 0) is 19.4 Å². The van der Waals surface area contributed by atoms with E-state index in [4.69, 9.17) is 4.74 Å². The van der Waals surface area contributed by atoms with Gasteiger partial charge in [0.15, 0.2) is 0 Å². The van der Waals surface area contributed by atoms with Gasteiger partial charge >= 0.3 is 0 Å². The summed E-state index contributed by atoms with van der Waals surface area (Å²) >= 11 is 0. The van der Waals surface area contributed by atoms with Crippen LogP contribution in [0.1, 0.15) is 26.7 Å². The molecule has 0 N–H and O–H groups in total. The van der Waals surface area contributed by atoms with E-state index >= 15 is 0 Å². The first-order valence-electron chi connectivity index (χ1n) is 4.28. The van der Waals surface area contributed by atoms with Crippen LogP contribution in [0.25, 0.3) is 0 Å². The summed E-state index contributed by atoms with van der Waals surface area (Å²) in [6, 6.07) is 0. The second kappa shape index (κ2) is 4.05. The Bertz CT molecular complexity index is 194. The maximum atomic E-state index is 13.1. The SMILES string of the molecule is CC(C)=COCCC1(F)CC(F)O1. The maximum absolute atomic E-state index is 13.1. The van der Waals surface area contributed by atoms with Crippen LogP contribution in [-0.2, 0) is 9.47 Å². The molecule has 0 saturated carbocycles. The van der Waals surface area contributed by atoms with Crippen molar-refractivity contribution in [2.24, 2.45) is 0 Å². The van der Waals surface area contributed by atoms with E-state index in [0.29, 0.717) is 0 Å². The number of halogens is 2. The number of alkyl halides is 2. The molecule has 0 radical (unpaired) electrons. The summed E-state index contributed by atoms with van der Waals surface area (Å²) in [5, 5.41) is 0. The molecule has 2 unspecified atom stereocenters.